The van der Waals surface area contributed by atoms with E-state index in [1.807, 2.05) is 0 Å². The molecule has 0 atom stereocenters. The van der Waals surface area contributed by atoms with Gasteiger partial charge in [0, 0.05) is 16.7 Å². The fourth-order valence-corrected chi connectivity index (χ4v) is 2.21. The number of Topliss-reactive ketones (excluding diaryl/α,β-unsaturated/α-hetero) is 3. The number of hydrogen-bond donors (Lipinski definition) is 5. The van der Waals surface area contributed by atoms with E-state index in [2.05, 4.69) is 0 Å². The van der Waals surface area contributed by atoms with E-state index < -0.39 is 13.2 Å². The van der Waals surface area contributed by atoms with Crippen LogP contribution in [0, 0.1) is 0 Å². The van der Waals surface area contributed by atoms with E-state index >= 15 is 0 Å². The third-order valence-corrected chi connectivity index (χ3v) is 3.92. The number of aliphatic hydroxyl groups excluding tert-OH is 2. The average Bonchev–Trinajstić information content (AvgIpc) is 2.79. The van der Waals surface area contributed by atoms with Gasteiger partial charge in [0.2, 0.25) is 0 Å². The Kier molecular flexibility index (Phi) is 10.8. The molecule has 5 N–H and O–H groups in total. The first-order valence-corrected chi connectivity index (χ1v) is 9.34. The second-order valence-electron chi connectivity index (χ2n) is 6.36. The fourth-order valence-electron chi connectivity index (χ4n) is 2.21. The predicted octanol–water partition coefficient (Wildman–Crippen LogP) is 2.73. The number of carbonyl (C=O) groups is 3. The highest BCUT2D eigenvalue weighted by atomic mass is 16.3. The van der Waals surface area contributed by atoms with Crippen molar-refractivity contribution in [3.63, 3.8) is 0 Å². The first-order chi connectivity index (χ1) is 15.2. The van der Waals surface area contributed by atoms with Crippen molar-refractivity contribution in [1.29, 1.82) is 0 Å². The van der Waals surface area contributed by atoms with Gasteiger partial charge in [-0.1, -0.05) is 12.1 Å². The molecule has 0 aliphatic carbocycles. The topological polar surface area (TPSA) is 152 Å². The maximum Gasteiger partial charge on any atom is 0.188 e. The van der Waals surface area contributed by atoms with Gasteiger partial charge in [0.15, 0.2) is 17.3 Å². The molecule has 0 spiro atoms. The SMILES string of the molecule is CC(=O)c1ccc(O)cc1.O=C(CO)c1ccc(O)cc1.O=C(CO)c1cccc(O)c1. The highest BCUT2D eigenvalue weighted by Gasteiger charge is 2.03. The minimum absolute atomic E-state index is 0.0139. The lowest BCUT2D eigenvalue weighted by atomic mass is 10.1. The van der Waals surface area contributed by atoms with E-state index in [1.165, 1.54) is 61.5 Å². The van der Waals surface area contributed by atoms with Crippen molar-refractivity contribution < 1.29 is 39.9 Å². The van der Waals surface area contributed by atoms with Crippen molar-refractivity contribution in [2.45, 2.75) is 6.92 Å². The molecule has 168 valence electrons. The lowest BCUT2D eigenvalue weighted by Gasteiger charge is -1.96. The third kappa shape index (κ3) is 9.21. The van der Waals surface area contributed by atoms with Crippen LogP contribution in [0.2, 0.25) is 0 Å². The molecule has 0 amide bonds. The molecule has 0 bridgehead atoms. The Morgan fingerprint density at radius 3 is 1.44 bits per heavy atom. The van der Waals surface area contributed by atoms with Crippen molar-refractivity contribution in [3.8, 4) is 17.2 Å². The number of aromatic hydroxyl groups is 3. The highest BCUT2D eigenvalue weighted by Crippen LogP contribution is 2.11. The molecule has 32 heavy (non-hydrogen) atoms. The van der Waals surface area contributed by atoms with Crippen LogP contribution in [0.1, 0.15) is 38.0 Å². The summed E-state index contributed by atoms with van der Waals surface area (Å²) in [7, 11) is 0. The molecule has 0 fully saturated rings. The van der Waals surface area contributed by atoms with Gasteiger partial charge in [-0.2, -0.15) is 0 Å². The summed E-state index contributed by atoms with van der Waals surface area (Å²) in [6, 6.07) is 17.8. The third-order valence-electron chi connectivity index (χ3n) is 3.92. The Hall–Kier alpha value is -4.01. The van der Waals surface area contributed by atoms with Gasteiger partial charge in [-0.05, 0) is 67.6 Å². The molecule has 0 aliphatic rings. The van der Waals surface area contributed by atoms with Gasteiger partial charge in [-0.15, -0.1) is 0 Å². The first kappa shape index (κ1) is 26.0. The summed E-state index contributed by atoms with van der Waals surface area (Å²) < 4.78 is 0. The molecule has 0 aromatic heterocycles. The number of phenolic OH excluding ortho intramolecular Hbond substituents is 3. The minimum atomic E-state index is -0.524. The number of benzene rings is 3. The Morgan fingerprint density at radius 1 is 0.594 bits per heavy atom. The number of aliphatic hydroxyl groups is 2. The van der Waals surface area contributed by atoms with Crippen LogP contribution >= 0.6 is 0 Å². The molecular formula is C24H24O8. The molecule has 3 aromatic rings. The van der Waals surface area contributed by atoms with Gasteiger partial charge in [-0.25, -0.2) is 0 Å². The molecule has 3 aromatic carbocycles. The van der Waals surface area contributed by atoms with Crippen LogP contribution in [-0.2, 0) is 0 Å². The van der Waals surface area contributed by atoms with Crippen molar-refractivity contribution in [3.05, 3.63) is 89.5 Å². The number of carbonyl (C=O) groups excluding carboxylic acids is 3. The first-order valence-electron chi connectivity index (χ1n) is 9.34. The maximum atomic E-state index is 10.8. The van der Waals surface area contributed by atoms with Gasteiger partial charge in [0.05, 0.1) is 0 Å². The van der Waals surface area contributed by atoms with Crippen LogP contribution in [-0.4, -0.2) is 56.1 Å². The van der Waals surface area contributed by atoms with Gasteiger partial charge in [0.1, 0.15) is 30.5 Å². The number of phenols is 3. The van der Waals surface area contributed by atoms with Crippen molar-refractivity contribution >= 4 is 17.3 Å². The van der Waals surface area contributed by atoms with Crippen LogP contribution in [0.5, 0.6) is 17.2 Å². The van der Waals surface area contributed by atoms with Crippen molar-refractivity contribution in [2.24, 2.45) is 0 Å². The smallest absolute Gasteiger partial charge is 0.188 e. The molecule has 8 nitrogen and oxygen atoms in total. The summed E-state index contributed by atoms with van der Waals surface area (Å²) >= 11 is 0. The largest absolute Gasteiger partial charge is 0.508 e. The zero-order valence-corrected chi connectivity index (χ0v) is 17.3. The van der Waals surface area contributed by atoms with Crippen LogP contribution in [0.3, 0.4) is 0 Å². The quantitative estimate of drug-likeness (QED) is 0.380. The molecule has 8 heteroatoms. The van der Waals surface area contributed by atoms with Crippen LogP contribution in [0.15, 0.2) is 72.8 Å². The lowest BCUT2D eigenvalue weighted by molar-refractivity contribution is 0.0898. The molecule has 0 radical (unpaired) electrons. The van der Waals surface area contributed by atoms with Gasteiger partial charge in [-0.3, -0.25) is 14.4 Å². The molecule has 0 saturated heterocycles. The van der Waals surface area contributed by atoms with E-state index in [4.69, 9.17) is 25.5 Å². The molecular weight excluding hydrogens is 416 g/mol. The van der Waals surface area contributed by atoms with Gasteiger partial charge < -0.3 is 25.5 Å². The van der Waals surface area contributed by atoms with E-state index in [0.29, 0.717) is 16.7 Å². The molecule has 0 heterocycles. The lowest BCUT2D eigenvalue weighted by Crippen LogP contribution is -2.03. The molecule has 0 saturated carbocycles. The Morgan fingerprint density at radius 2 is 1.03 bits per heavy atom. The normalized spacial score (nSPS) is 9.47. The zero-order chi connectivity index (χ0) is 24.1. The van der Waals surface area contributed by atoms with Crippen LogP contribution in [0.25, 0.3) is 0 Å². The molecule has 0 aliphatic heterocycles. The van der Waals surface area contributed by atoms with Gasteiger partial charge >= 0.3 is 0 Å². The second kappa shape index (κ2) is 13.3. The monoisotopic (exact) mass is 440 g/mol. The predicted molar refractivity (Wildman–Crippen MR) is 117 cm³/mol. The number of rotatable bonds is 5. The summed E-state index contributed by atoms with van der Waals surface area (Å²) in [5, 5.41) is 43.5. The standard InChI is InChI=1S/2C8H8O3.C8H8O2/c9-5-8(11)6-1-3-7(10)4-2-6;9-5-8(11)6-2-1-3-7(10)4-6;1-6(9)7-2-4-8(10)5-3-7/h2*1-4,9-10H,5H2;2-5,10H,1H3. The summed E-state index contributed by atoms with van der Waals surface area (Å²) in [6.07, 6.45) is 0. The summed E-state index contributed by atoms with van der Waals surface area (Å²) in [6.45, 7) is 0.473. The summed E-state index contributed by atoms with van der Waals surface area (Å²) in [4.78, 5) is 32.3. The van der Waals surface area contributed by atoms with E-state index in [-0.39, 0.29) is 34.6 Å². The van der Waals surface area contributed by atoms with Crippen molar-refractivity contribution in [2.75, 3.05) is 13.2 Å². The van der Waals surface area contributed by atoms with E-state index in [9.17, 15) is 14.4 Å². The Labute approximate surface area is 184 Å². The minimum Gasteiger partial charge on any atom is -0.508 e. The van der Waals surface area contributed by atoms with Crippen LogP contribution < -0.4 is 0 Å². The Balaban J connectivity index is 0.000000240. The second-order valence-corrected chi connectivity index (χ2v) is 6.36. The van der Waals surface area contributed by atoms with E-state index in [1.54, 1.807) is 18.2 Å². The van der Waals surface area contributed by atoms with Gasteiger partial charge in [0.25, 0.3) is 0 Å². The summed E-state index contributed by atoms with van der Waals surface area (Å²) in [5.74, 6) is -0.389. The zero-order valence-electron chi connectivity index (χ0n) is 17.3. The van der Waals surface area contributed by atoms with Crippen molar-refractivity contribution in [1.82, 2.24) is 0 Å². The molecule has 3 rings (SSSR count). The number of hydrogen-bond acceptors (Lipinski definition) is 8. The average molecular weight is 440 g/mol. The van der Waals surface area contributed by atoms with E-state index in [0.717, 1.165) is 0 Å². The maximum absolute atomic E-state index is 10.8. The Bertz CT molecular complexity index is 1020. The summed E-state index contributed by atoms with van der Waals surface area (Å²) in [5.41, 5.74) is 1.36. The molecule has 0 unspecified atom stereocenters. The highest BCUT2D eigenvalue weighted by molar-refractivity contribution is 5.97. The number of ketones is 3. The fraction of sp³-hybridized carbons (Fsp3) is 0.125. The van der Waals surface area contributed by atoms with Crippen LogP contribution in [0.4, 0.5) is 0 Å².